The van der Waals surface area contributed by atoms with Gasteiger partial charge in [0.05, 0.1) is 18.7 Å². The van der Waals surface area contributed by atoms with Crippen molar-refractivity contribution in [3.8, 4) is 0 Å². The van der Waals surface area contributed by atoms with Gasteiger partial charge < -0.3 is 10.6 Å². The zero-order valence-corrected chi connectivity index (χ0v) is 17.0. The number of guanidine groups is 1. The van der Waals surface area contributed by atoms with Crippen LogP contribution in [0.3, 0.4) is 0 Å². The zero-order valence-electron chi connectivity index (χ0n) is 13.9. The van der Waals surface area contributed by atoms with Crippen LogP contribution in [0.25, 0.3) is 0 Å². The summed E-state index contributed by atoms with van der Waals surface area (Å²) in [5, 5.41) is 5.99. The molecule has 24 heavy (non-hydrogen) atoms. The quantitative estimate of drug-likeness (QED) is 0.342. The van der Waals surface area contributed by atoms with Crippen molar-refractivity contribution >= 4 is 40.0 Å². The summed E-state index contributed by atoms with van der Waals surface area (Å²) in [5.74, 6) is 0.417. The van der Waals surface area contributed by atoms with E-state index in [2.05, 4.69) is 15.6 Å². The van der Waals surface area contributed by atoms with Crippen LogP contribution in [0.2, 0.25) is 0 Å². The molecular weight excluding hydrogens is 460 g/mol. The van der Waals surface area contributed by atoms with E-state index in [4.69, 9.17) is 0 Å². The topological polar surface area (TPSA) is 73.8 Å². The van der Waals surface area contributed by atoms with E-state index in [9.17, 15) is 21.6 Å². The van der Waals surface area contributed by atoms with Gasteiger partial charge in [-0.1, -0.05) is 0 Å². The molecule has 2 N–H and O–H groups in total. The Balaban J connectivity index is 0.00000529. The number of halogens is 4. The summed E-state index contributed by atoms with van der Waals surface area (Å²) in [6.45, 7) is 4.47. The van der Waals surface area contributed by atoms with Crippen molar-refractivity contribution in [1.29, 1.82) is 0 Å². The van der Waals surface area contributed by atoms with Crippen LogP contribution in [-0.2, 0) is 10.0 Å². The smallest absolute Gasteiger partial charge is 0.357 e. The predicted molar refractivity (Wildman–Crippen MR) is 99.3 cm³/mol. The van der Waals surface area contributed by atoms with Gasteiger partial charge in [-0.3, -0.25) is 4.99 Å². The van der Waals surface area contributed by atoms with Crippen LogP contribution in [0, 0.1) is 0 Å². The summed E-state index contributed by atoms with van der Waals surface area (Å²) in [6, 6.07) is 0.00185. The molecule has 0 spiro atoms. The number of piperidine rings is 1. The summed E-state index contributed by atoms with van der Waals surface area (Å²) in [7, 11) is -3.18. The molecule has 1 aliphatic heterocycles. The molecule has 0 aliphatic carbocycles. The highest BCUT2D eigenvalue weighted by molar-refractivity contribution is 14.0. The van der Waals surface area contributed by atoms with Crippen molar-refractivity contribution in [3.63, 3.8) is 0 Å². The molecule has 1 heterocycles. The Labute approximate surface area is 158 Å². The van der Waals surface area contributed by atoms with Crippen molar-refractivity contribution in [3.05, 3.63) is 0 Å². The Morgan fingerprint density at radius 2 is 1.83 bits per heavy atom. The van der Waals surface area contributed by atoms with Gasteiger partial charge >= 0.3 is 6.18 Å². The lowest BCUT2D eigenvalue weighted by Crippen LogP contribution is -2.50. The summed E-state index contributed by atoms with van der Waals surface area (Å²) in [4.78, 5) is 3.92. The third-order valence-electron chi connectivity index (χ3n) is 3.56. The first-order chi connectivity index (χ1) is 10.7. The molecule has 0 aromatic carbocycles. The Morgan fingerprint density at radius 1 is 1.25 bits per heavy atom. The van der Waals surface area contributed by atoms with Gasteiger partial charge in [0, 0.05) is 25.7 Å². The normalized spacial score (nSPS) is 18.1. The average molecular weight is 486 g/mol. The van der Waals surface area contributed by atoms with Crippen LogP contribution in [0.5, 0.6) is 0 Å². The monoisotopic (exact) mass is 486 g/mol. The highest BCUT2D eigenvalue weighted by Crippen LogP contribution is 2.19. The number of hydrogen-bond acceptors (Lipinski definition) is 3. The fraction of sp³-hybridized carbons (Fsp3) is 0.923. The maximum atomic E-state index is 12.2. The Hall–Kier alpha value is -0.300. The second-order valence-electron chi connectivity index (χ2n) is 5.34. The largest absolute Gasteiger partial charge is 0.390 e. The lowest BCUT2D eigenvalue weighted by atomic mass is 10.1. The fourth-order valence-corrected chi connectivity index (χ4v) is 3.40. The number of nitrogens with zero attached hydrogens (tertiary/aromatic N) is 2. The molecule has 6 nitrogen and oxygen atoms in total. The highest BCUT2D eigenvalue weighted by Gasteiger charge is 2.28. The predicted octanol–water partition coefficient (Wildman–Crippen LogP) is 1.93. The van der Waals surface area contributed by atoms with Crippen molar-refractivity contribution in [1.82, 2.24) is 14.9 Å². The summed E-state index contributed by atoms with van der Waals surface area (Å²) in [6.07, 6.45) is -3.98. The van der Waals surface area contributed by atoms with Gasteiger partial charge in [-0.2, -0.15) is 13.2 Å². The number of nitrogens with one attached hydrogen (secondary N) is 2. The van der Waals surface area contributed by atoms with Crippen LogP contribution < -0.4 is 10.6 Å². The van der Waals surface area contributed by atoms with Gasteiger partial charge in [0.15, 0.2) is 5.96 Å². The van der Waals surface area contributed by atoms with E-state index in [0.717, 1.165) is 0 Å². The molecule has 1 saturated heterocycles. The molecule has 0 bridgehead atoms. The van der Waals surface area contributed by atoms with Crippen LogP contribution in [0.15, 0.2) is 4.99 Å². The van der Waals surface area contributed by atoms with Gasteiger partial charge in [0.2, 0.25) is 10.0 Å². The molecule has 1 aliphatic rings. The van der Waals surface area contributed by atoms with E-state index < -0.39 is 22.6 Å². The van der Waals surface area contributed by atoms with Gasteiger partial charge in [0.1, 0.15) is 0 Å². The van der Waals surface area contributed by atoms with Gasteiger partial charge in [-0.05, 0) is 26.7 Å². The number of rotatable bonds is 6. The lowest BCUT2D eigenvalue weighted by molar-refractivity contribution is -0.132. The highest BCUT2D eigenvalue weighted by atomic mass is 127. The molecule has 0 aromatic heterocycles. The molecule has 11 heteroatoms. The second-order valence-corrected chi connectivity index (χ2v) is 7.60. The van der Waals surface area contributed by atoms with E-state index in [1.165, 1.54) is 4.31 Å². The number of hydrogen-bond donors (Lipinski definition) is 2. The Bertz CT molecular complexity index is 492. The van der Waals surface area contributed by atoms with Crippen LogP contribution in [0.4, 0.5) is 13.2 Å². The second kappa shape index (κ2) is 10.6. The Kier molecular flexibility index (Phi) is 10.5. The average Bonchev–Trinajstić information content (AvgIpc) is 2.46. The van der Waals surface area contributed by atoms with Crippen molar-refractivity contribution < 1.29 is 21.6 Å². The van der Waals surface area contributed by atoms with E-state index in [1.54, 1.807) is 6.92 Å². The van der Waals surface area contributed by atoms with Crippen LogP contribution in [0.1, 0.15) is 33.1 Å². The van der Waals surface area contributed by atoms with E-state index in [0.29, 0.717) is 38.4 Å². The van der Waals surface area contributed by atoms with Crippen LogP contribution in [-0.4, -0.2) is 62.8 Å². The molecule has 1 rings (SSSR count). The maximum Gasteiger partial charge on any atom is 0.390 e. The minimum atomic E-state index is -4.22. The standard InChI is InChI=1S/C13H25F3N4O2S.HI/c1-3-17-12(18-8-7-13(14,15)16)19-11-5-9-20(10-6-11)23(21,22)4-2;/h11H,3-10H2,1-2H3,(H2,17,18,19);1H. The maximum absolute atomic E-state index is 12.2. The SMILES string of the molecule is CCNC(=NCCC(F)(F)F)NC1CCN(S(=O)(=O)CC)CC1.I. The van der Waals surface area contributed by atoms with Crippen molar-refractivity contribution in [2.45, 2.75) is 45.3 Å². The minimum Gasteiger partial charge on any atom is -0.357 e. The molecule has 0 unspecified atom stereocenters. The molecule has 0 amide bonds. The Morgan fingerprint density at radius 3 is 2.29 bits per heavy atom. The first-order valence-corrected chi connectivity index (χ1v) is 9.38. The number of sulfonamides is 1. The van der Waals surface area contributed by atoms with Gasteiger partial charge in [-0.25, -0.2) is 12.7 Å². The van der Waals surface area contributed by atoms with Crippen LogP contribution >= 0.6 is 24.0 Å². The third kappa shape index (κ3) is 8.70. The van der Waals surface area contributed by atoms with Gasteiger partial charge in [0.25, 0.3) is 0 Å². The molecule has 0 atom stereocenters. The molecule has 0 saturated carbocycles. The fourth-order valence-electron chi connectivity index (χ4n) is 2.27. The zero-order chi connectivity index (χ0) is 17.5. The first kappa shape index (κ1) is 23.7. The summed E-state index contributed by atoms with van der Waals surface area (Å²) >= 11 is 0. The van der Waals surface area contributed by atoms with Crippen molar-refractivity contribution in [2.24, 2.45) is 4.99 Å². The lowest BCUT2D eigenvalue weighted by Gasteiger charge is -2.32. The molecule has 0 aromatic rings. The van der Waals surface area contributed by atoms with Crippen molar-refractivity contribution in [2.75, 3.05) is 31.9 Å². The van der Waals surface area contributed by atoms with E-state index in [1.807, 2.05) is 6.92 Å². The molecule has 144 valence electrons. The first-order valence-electron chi connectivity index (χ1n) is 7.77. The number of alkyl halides is 3. The number of aliphatic imine (C=N–C) groups is 1. The van der Waals surface area contributed by atoms with E-state index >= 15 is 0 Å². The third-order valence-corrected chi connectivity index (χ3v) is 5.44. The van der Waals surface area contributed by atoms with E-state index in [-0.39, 0.29) is 42.3 Å². The molecule has 0 radical (unpaired) electrons. The summed E-state index contributed by atoms with van der Waals surface area (Å²) in [5.41, 5.74) is 0. The summed E-state index contributed by atoms with van der Waals surface area (Å²) < 4.78 is 61.5. The molecular formula is C13H26F3IN4O2S. The molecule has 1 fully saturated rings. The minimum absolute atomic E-state index is 0. The van der Waals surface area contributed by atoms with Gasteiger partial charge in [-0.15, -0.1) is 24.0 Å².